The van der Waals surface area contributed by atoms with Crippen LogP contribution in [0, 0.1) is 0 Å². The smallest absolute Gasteiger partial charge is 0.355 e. The molecule has 0 aliphatic carbocycles. The van der Waals surface area contributed by atoms with Crippen molar-refractivity contribution in [3.63, 3.8) is 0 Å². The lowest BCUT2D eigenvalue weighted by atomic mass is 10.00. The minimum absolute atomic E-state index is 0.144. The third-order valence-electron chi connectivity index (χ3n) is 5.08. The van der Waals surface area contributed by atoms with E-state index >= 15 is 0 Å². The average Bonchev–Trinajstić information content (AvgIpc) is 2.77. The Bertz CT molecular complexity index is 971. The third kappa shape index (κ3) is 4.18. The Morgan fingerprint density at radius 1 is 0.931 bits per heavy atom. The van der Waals surface area contributed by atoms with E-state index < -0.39 is 5.97 Å². The Morgan fingerprint density at radius 2 is 1.66 bits per heavy atom. The Labute approximate surface area is 168 Å². The van der Waals surface area contributed by atoms with Gasteiger partial charge in [-0.2, -0.15) is 5.10 Å². The summed E-state index contributed by atoms with van der Waals surface area (Å²) < 4.78 is 5.21. The maximum atomic E-state index is 12.5. The van der Waals surface area contributed by atoms with Crippen LogP contribution in [0.25, 0.3) is 0 Å². The number of hydrogen-bond donors (Lipinski definition) is 0. The van der Waals surface area contributed by atoms with Crippen LogP contribution in [-0.4, -0.2) is 41.5 Å². The number of hydrogen-bond acceptors (Lipinski definition) is 5. The van der Waals surface area contributed by atoms with Gasteiger partial charge in [0.05, 0.1) is 5.69 Å². The van der Waals surface area contributed by atoms with Crippen molar-refractivity contribution < 1.29 is 19.1 Å². The van der Waals surface area contributed by atoms with Crippen molar-refractivity contribution in [2.45, 2.75) is 25.8 Å². The number of carbonyl (C=O) groups is 3. The van der Waals surface area contributed by atoms with E-state index in [9.17, 15) is 14.4 Å². The fourth-order valence-electron chi connectivity index (χ4n) is 3.48. The van der Waals surface area contributed by atoms with Crippen LogP contribution in [0.4, 0.5) is 5.69 Å². The van der Waals surface area contributed by atoms with Gasteiger partial charge in [-0.05, 0) is 29.7 Å². The molecule has 7 nitrogen and oxygen atoms in total. The number of fused-ring (bicyclic) bond motifs is 1. The van der Waals surface area contributed by atoms with Crippen LogP contribution in [0.15, 0.2) is 59.7 Å². The zero-order valence-electron chi connectivity index (χ0n) is 15.9. The predicted octanol–water partition coefficient (Wildman–Crippen LogP) is 2.30. The summed E-state index contributed by atoms with van der Waals surface area (Å²) in [4.78, 5) is 38.7. The van der Waals surface area contributed by atoms with Gasteiger partial charge in [0.25, 0.3) is 5.91 Å². The van der Waals surface area contributed by atoms with E-state index in [1.807, 2.05) is 24.3 Å². The summed E-state index contributed by atoms with van der Waals surface area (Å²) in [5.41, 5.74) is 3.10. The molecule has 2 heterocycles. The van der Waals surface area contributed by atoms with Gasteiger partial charge in [0.15, 0.2) is 6.61 Å². The quantitative estimate of drug-likeness (QED) is 0.749. The molecule has 0 N–H and O–H groups in total. The molecule has 2 aliphatic rings. The minimum atomic E-state index is -0.663. The molecule has 148 valence electrons. The maximum Gasteiger partial charge on any atom is 0.355 e. The first-order valence-corrected chi connectivity index (χ1v) is 9.59. The van der Waals surface area contributed by atoms with Crippen LogP contribution >= 0.6 is 0 Å². The molecule has 0 unspecified atom stereocenters. The van der Waals surface area contributed by atoms with Gasteiger partial charge in [-0.3, -0.25) is 9.59 Å². The normalized spacial score (nSPS) is 16.1. The molecule has 0 spiro atoms. The number of ether oxygens (including phenoxy) is 1. The zero-order chi connectivity index (χ0) is 20.2. The highest BCUT2D eigenvalue weighted by Gasteiger charge is 2.28. The number of benzene rings is 2. The first-order valence-electron chi connectivity index (χ1n) is 9.59. The van der Waals surface area contributed by atoms with Crippen molar-refractivity contribution in [3.05, 3.63) is 65.7 Å². The topological polar surface area (TPSA) is 79.3 Å². The number of para-hydroxylation sites is 1. The molecule has 0 bridgehead atoms. The second-order valence-electron chi connectivity index (χ2n) is 7.00. The van der Waals surface area contributed by atoms with Gasteiger partial charge in [-0.25, -0.2) is 9.80 Å². The van der Waals surface area contributed by atoms with Crippen molar-refractivity contribution in [2.24, 2.45) is 5.10 Å². The molecule has 0 saturated heterocycles. The third-order valence-corrected chi connectivity index (χ3v) is 5.08. The van der Waals surface area contributed by atoms with Gasteiger partial charge in [0.1, 0.15) is 5.71 Å². The standard InChI is InChI=1S/C22H21N3O4/c26-20-11-10-19(23-25(20)18-8-2-1-3-9-18)22(28)29-15-21(27)24-13-12-16-6-4-5-7-17(16)14-24/h1-9H,10-15H2. The Kier molecular flexibility index (Phi) is 5.37. The highest BCUT2D eigenvalue weighted by Crippen LogP contribution is 2.21. The second-order valence-corrected chi connectivity index (χ2v) is 7.00. The van der Waals surface area contributed by atoms with Gasteiger partial charge in [0, 0.05) is 25.9 Å². The number of carbonyl (C=O) groups excluding carboxylic acids is 3. The molecular formula is C22H21N3O4. The summed E-state index contributed by atoms with van der Waals surface area (Å²) in [6.45, 7) is 0.785. The number of amides is 2. The molecule has 0 atom stereocenters. The monoisotopic (exact) mass is 391 g/mol. The predicted molar refractivity (Wildman–Crippen MR) is 107 cm³/mol. The Morgan fingerprint density at radius 3 is 2.45 bits per heavy atom. The highest BCUT2D eigenvalue weighted by atomic mass is 16.5. The summed E-state index contributed by atoms with van der Waals surface area (Å²) in [7, 11) is 0. The summed E-state index contributed by atoms with van der Waals surface area (Å²) in [5, 5.41) is 5.37. The van der Waals surface area contributed by atoms with E-state index in [0.717, 1.165) is 12.0 Å². The van der Waals surface area contributed by atoms with E-state index in [0.29, 0.717) is 18.8 Å². The van der Waals surface area contributed by atoms with Crippen LogP contribution in [0.2, 0.25) is 0 Å². The summed E-state index contributed by atoms with van der Waals surface area (Å²) in [6, 6.07) is 16.9. The fraction of sp³-hybridized carbons (Fsp3) is 0.273. The molecular weight excluding hydrogens is 370 g/mol. The van der Waals surface area contributed by atoms with Gasteiger partial charge in [-0.15, -0.1) is 0 Å². The molecule has 2 aromatic carbocycles. The van der Waals surface area contributed by atoms with Crippen LogP contribution in [0.1, 0.15) is 24.0 Å². The lowest BCUT2D eigenvalue weighted by Crippen LogP contribution is -2.40. The van der Waals surface area contributed by atoms with E-state index in [4.69, 9.17) is 4.74 Å². The largest absolute Gasteiger partial charge is 0.451 e. The maximum absolute atomic E-state index is 12.5. The van der Waals surface area contributed by atoms with Crippen LogP contribution in [0.3, 0.4) is 0 Å². The first kappa shape index (κ1) is 18.9. The number of esters is 1. The van der Waals surface area contributed by atoms with Gasteiger partial charge >= 0.3 is 5.97 Å². The van der Waals surface area contributed by atoms with Crippen LogP contribution in [0.5, 0.6) is 0 Å². The molecule has 0 saturated carbocycles. The molecule has 0 fully saturated rings. The van der Waals surface area contributed by atoms with E-state index in [1.54, 1.807) is 29.2 Å². The molecule has 7 heteroatoms. The van der Waals surface area contributed by atoms with Gasteiger partial charge in [0.2, 0.25) is 5.91 Å². The first-order chi connectivity index (χ1) is 14.1. The van der Waals surface area contributed by atoms with Crippen molar-refractivity contribution in [1.82, 2.24) is 4.90 Å². The van der Waals surface area contributed by atoms with Crippen LogP contribution in [-0.2, 0) is 32.1 Å². The summed E-state index contributed by atoms with van der Waals surface area (Å²) in [6.07, 6.45) is 1.16. The highest BCUT2D eigenvalue weighted by molar-refractivity contribution is 6.38. The summed E-state index contributed by atoms with van der Waals surface area (Å²) >= 11 is 0. The SMILES string of the molecule is O=C(OCC(=O)N1CCc2ccccc2C1)C1=NN(c2ccccc2)C(=O)CC1. The minimum Gasteiger partial charge on any atom is -0.451 e. The van der Waals surface area contributed by atoms with Crippen molar-refractivity contribution >= 4 is 29.2 Å². The van der Waals surface area contributed by atoms with Crippen molar-refractivity contribution in [2.75, 3.05) is 18.2 Å². The van der Waals surface area contributed by atoms with Crippen molar-refractivity contribution in [3.8, 4) is 0 Å². The molecule has 2 amide bonds. The molecule has 29 heavy (non-hydrogen) atoms. The number of nitrogens with zero attached hydrogens (tertiary/aromatic N) is 3. The molecule has 2 aromatic rings. The van der Waals surface area contributed by atoms with Gasteiger partial charge in [-0.1, -0.05) is 42.5 Å². The molecule has 0 radical (unpaired) electrons. The van der Waals surface area contributed by atoms with Crippen LogP contribution < -0.4 is 5.01 Å². The average molecular weight is 391 g/mol. The Hall–Kier alpha value is -3.48. The molecule has 4 rings (SSSR count). The second kappa shape index (κ2) is 8.26. The van der Waals surface area contributed by atoms with E-state index in [-0.39, 0.29) is 37.0 Å². The zero-order valence-corrected chi connectivity index (χ0v) is 15.9. The number of anilines is 1. The van der Waals surface area contributed by atoms with E-state index in [2.05, 4.69) is 11.2 Å². The van der Waals surface area contributed by atoms with Gasteiger partial charge < -0.3 is 9.64 Å². The fourth-order valence-corrected chi connectivity index (χ4v) is 3.48. The lowest BCUT2D eigenvalue weighted by Gasteiger charge is -2.28. The summed E-state index contributed by atoms with van der Waals surface area (Å²) in [5.74, 6) is -1.08. The molecule has 0 aromatic heterocycles. The number of hydrazone groups is 1. The number of rotatable bonds is 4. The van der Waals surface area contributed by atoms with Crippen molar-refractivity contribution in [1.29, 1.82) is 0 Å². The molecule has 2 aliphatic heterocycles. The Balaban J connectivity index is 1.37. The lowest BCUT2D eigenvalue weighted by molar-refractivity contribution is -0.147. The van der Waals surface area contributed by atoms with E-state index in [1.165, 1.54) is 10.6 Å².